The molecule has 5 heteroatoms. The average Bonchev–Trinajstić information content (AvgIpc) is 3.07. The monoisotopic (exact) mass is 307 g/mol. The number of aryl methyl sites for hydroxylation is 2. The average molecular weight is 307 g/mol. The van der Waals surface area contributed by atoms with E-state index in [-0.39, 0.29) is 5.91 Å². The summed E-state index contributed by atoms with van der Waals surface area (Å²) in [4.78, 5) is 22.8. The Morgan fingerprint density at radius 1 is 1.09 bits per heavy atom. The lowest BCUT2D eigenvalue weighted by Gasteiger charge is -2.21. The van der Waals surface area contributed by atoms with Crippen LogP contribution in [0.1, 0.15) is 27.5 Å². The second-order valence-corrected chi connectivity index (χ2v) is 5.35. The summed E-state index contributed by atoms with van der Waals surface area (Å²) in [7, 11) is 0. The van der Waals surface area contributed by atoms with Gasteiger partial charge in [-0.1, -0.05) is 17.7 Å². The van der Waals surface area contributed by atoms with Crippen LogP contribution in [0.2, 0.25) is 0 Å². The molecule has 2 heterocycles. The molecule has 0 unspecified atom stereocenters. The molecule has 0 aliphatic rings. The zero-order chi connectivity index (χ0) is 16.2. The van der Waals surface area contributed by atoms with Crippen molar-refractivity contribution in [1.82, 2.24) is 9.97 Å². The molecule has 0 spiro atoms. The Labute approximate surface area is 134 Å². The standard InChI is InChI=1S/C18H17N3O2/c1-13-5-7-15(8-6-13)21(12-16-4-3-9-23-16)18(22)17-11-19-14(2)10-20-17/h3-11H,12H2,1-2H3. The third-order valence-corrected chi connectivity index (χ3v) is 3.48. The van der Waals surface area contributed by atoms with Gasteiger partial charge in [0.15, 0.2) is 0 Å². The molecule has 0 atom stereocenters. The summed E-state index contributed by atoms with van der Waals surface area (Å²) in [5.41, 5.74) is 3.01. The van der Waals surface area contributed by atoms with Crippen LogP contribution in [0, 0.1) is 13.8 Å². The molecule has 0 aliphatic heterocycles. The molecule has 0 saturated carbocycles. The van der Waals surface area contributed by atoms with Gasteiger partial charge >= 0.3 is 0 Å². The molecule has 23 heavy (non-hydrogen) atoms. The fraction of sp³-hybridized carbons (Fsp3) is 0.167. The predicted octanol–water partition coefficient (Wildman–Crippen LogP) is 3.53. The SMILES string of the molecule is Cc1ccc(N(Cc2ccco2)C(=O)c2cnc(C)cn2)cc1. The summed E-state index contributed by atoms with van der Waals surface area (Å²) >= 11 is 0. The largest absolute Gasteiger partial charge is 0.467 e. The number of anilines is 1. The lowest BCUT2D eigenvalue weighted by Crippen LogP contribution is -2.31. The maximum Gasteiger partial charge on any atom is 0.278 e. The van der Waals surface area contributed by atoms with Gasteiger partial charge in [0.2, 0.25) is 0 Å². The summed E-state index contributed by atoms with van der Waals surface area (Å²) in [5.74, 6) is 0.497. The first-order valence-electron chi connectivity index (χ1n) is 7.33. The van der Waals surface area contributed by atoms with Crippen LogP contribution in [0.15, 0.2) is 59.5 Å². The highest BCUT2D eigenvalue weighted by Gasteiger charge is 2.20. The summed E-state index contributed by atoms with van der Waals surface area (Å²) in [5, 5.41) is 0. The van der Waals surface area contributed by atoms with Crippen LogP contribution in [0.3, 0.4) is 0 Å². The van der Waals surface area contributed by atoms with Crippen molar-refractivity contribution in [1.29, 1.82) is 0 Å². The summed E-state index contributed by atoms with van der Waals surface area (Å²) in [6.07, 6.45) is 4.69. The highest BCUT2D eigenvalue weighted by atomic mass is 16.3. The fourth-order valence-electron chi connectivity index (χ4n) is 2.20. The van der Waals surface area contributed by atoms with Gasteiger partial charge in [-0.05, 0) is 38.1 Å². The van der Waals surface area contributed by atoms with Crippen LogP contribution in [0.25, 0.3) is 0 Å². The lowest BCUT2D eigenvalue weighted by molar-refractivity contribution is 0.0978. The van der Waals surface area contributed by atoms with Crippen molar-refractivity contribution in [2.45, 2.75) is 20.4 Å². The molecule has 0 saturated heterocycles. The van der Waals surface area contributed by atoms with Crippen molar-refractivity contribution in [2.75, 3.05) is 4.90 Å². The van der Waals surface area contributed by atoms with E-state index in [0.717, 1.165) is 16.9 Å². The minimum atomic E-state index is -0.210. The Balaban J connectivity index is 1.95. The van der Waals surface area contributed by atoms with Crippen molar-refractivity contribution < 1.29 is 9.21 Å². The lowest BCUT2D eigenvalue weighted by atomic mass is 10.2. The number of furan rings is 1. The smallest absolute Gasteiger partial charge is 0.278 e. The van der Waals surface area contributed by atoms with Gasteiger partial charge in [0, 0.05) is 11.9 Å². The van der Waals surface area contributed by atoms with E-state index in [1.165, 1.54) is 6.20 Å². The van der Waals surface area contributed by atoms with Gasteiger partial charge in [-0.3, -0.25) is 14.7 Å². The first-order chi connectivity index (χ1) is 11.1. The van der Waals surface area contributed by atoms with Crippen LogP contribution < -0.4 is 4.90 Å². The highest BCUT2D eigenvalue weighted by Crippen LogP contribution is 2.20. The Morgan fingerprint density at radius 3 is 2.48 bits per heavy atom. The minimum absolute atomic E-state index is 0.210. The van der Waals surface area contributed by atoms with E-state index < -0.39 is 0 Å². The molecule has 0 fully saturated rings. The van der Waals surface area contributed by atoms with Crippen LogP contribution >= 0.6 is 0 Å². The molecular formula is C18H17N3O2. The number of benzene rings is 1. The van der Waals surface area contributed by atoms with Gasteiger partial charge in [-0.2, -0.15) is 0 Å². The molecule has 3 rings (SSSR count). The minimum Gasteiger partial charge on any atom is -0.467 e. The van der Waals surface area contributed by atoms with E-state index in [1.807, 2.05) is 44.2 Å². The van der Waals surface area contributed by atoms with Gasteiger partial charge in [0.05, 0.1) is 24.7 Å². The first-order valence-corrected chi connectivity index (χ1v) is 7.33. The number of nitrogens with zero attached hydrogens (tertiary/aromatic N) is 3. The number of hydrogen-bond donors (Lipinski definition) is 0. The van der Waals surface area contributed by atoms with Crippen LogP contribution in [0.5, 0.6) is 0 Å². The third-order valence-electron chi connectivity index (χ3n) is 3.48. The molecule has 2 aromatic heterocycles. The van der Waals surface area contributed by atoms with E-state index in [0.29, 0.717) is 18.0 Å². The molecule has 3 aromatic rings. The Kier molecular flexibility index (Phi) is 4.19. The zero-order valence-corrected chi connectivity index (χ0v) is 13.1. The molecule has 1 aromatic carbocycles. The highest BCUT2D eigenvalue weighted by molar-refractivity contribution is 6.04. The molecule has 0 N–H and O–H groups in total. The normalized spacial score (nSPS) is 10.5. The van der Waals surface area contributed by atoms with E-state index in [2.05, 4.69) is 9.97 Å². The number of carbonyl (C=O) groups excluding carboxylic acids is 1. The van der Waals surface area contributed by atoms with Crippen molar-refractivity contribution in [3.63, 3.8) is 0 Å². The Bertz CT molecular complexity index is 778. The van der Waals surface area contributed by atoms with Crippen LogP contribution in [-0.2, 0) is 6.54 Å². The maximum absolute atomic E-state index is 12.8. The van der Waals surface area contributed by atoms with Crippen LogP contribution in [-0.4, -0.2) is 15.9 Å². The number of carbonyl (C=O) groups is 1. The predicted molar refractivity (Wildman–Crippen MR) is 87.2 cm³/mol. The molecule has 116 valence electrons. The Hall–Kier alpha value is -2.95. The van der Waals surface area contributed by atoms with E-state index in [1.54, 1.807) is 23.4 Å². The van der Waals surface area contributed by atoms with Gasteiger partial charge in [0.25, 0.3) is 5.91 Å². The van der Waals surface area contributed by atoms with E-state index in [9.17, 15) is 4.79 Å². The fourth-order valence-corrected chi connectivity index (χ4v) is 2.20. The molecule has 0 aliphatic carbocycles. The topological polar surface area (TPSA) is 59.2 Å². The van der Waals surface area contributed by atoms with Crippen molar-refractivity contribution >= 4 is 11.6 Å². The molecule has 0 radical (unpaired) electrons. The van der Waals surface area contributed by atoms with Crippen molar-refractivity contribution in [3.8, 4) is 0 Å². The zero-order valence-electron chi connectivity index (χ0n) is 13.1. The van der Waals surface area contributed by atoms with Gasteiger partial charge < -0.3 is 4.42 Å². The second kappa shape index (κ2) is 6.44. The molecular weight excluding hydrogens is 290 g/mol. The van der Waals surface area contributed by atoms with Crippen LogP contribution in [0.4, 0.5) is 5.69 Å². The van der Waals surface area contributed by atoms with E-state index in [4.69, 9.17) is 4.42 Å². The van der Waals surface area contributed by atoms with Crippen molar-refractivity contribution in [2.24, 2.45) is 0 Å². The van der Waals surface area contributed by atoms with Gasteiger partial charge in [-0.15, -0.1) is 0 Å². The molecule has 1 amide bonds. The Morgan fingerprint density at radius 2 is 1.87 bits per heavy atom. The maximum atomic E-state index is 12.8. The van der Waals surface area contributed by atoms with Gasteiger partial charge in [-0.25, -0.2) is 4.98 Å². The third kappa shape index (κ3) is 3.45. The van der Waals surface area contributed by atoms with E-state index >= 15 is 0 Å². The number of hydrogen-bond acceptors (Lipinski definition) is 4. The molecule has 5 nitrogen and oxygen atoms in total. The summed E-state index contributed by atoms with van der Waals surface area (Å²) in [6.45, 7) is 4.18. The first kappa shape index (κ1) is 15.0. The number of aromatic nitrogens is 2. The molecule has 0 bridgehead atoms. The van der Waals surface area contributed by atoms with Gasteiger partial charge in [0.1, 0.15) is 11.5 Å². The summed E-state index contributed by atoms with van der Waals surface area (Å²) in [6, 6.07) is 11.4. The van der Waals surface area contributed by atoms with Crippen molar-refractivity contribution in [3.05, 3.63) is 77.8 Å². The number of rotatable bonds is 4. The second-order valence-electron chi connectivity index (χ2n) is 5.35. The number of amides is 1. The quantitative estimate of drug-likeness (QED) is 0.740. The summed E-state index contributed by atoms with van der Waals surface area (Å²) < 4.78 is 5.38.